The van der Waals surface area contributed by atoms with Crippen molar-refractivity contribution in [1.29, 1.82) is 0 Å². The number of hydrogen-bond donors (Lipinski definition) is 1. The van der Waals surface area contributed by atoms with E-state index in [1.807, 2.05) is 59.1 Å². The summed E-state index contributed by atoms with van der Waals surface area (Å²) in [5.74, 6) is 1.49. The maximum Gasteiger partial charge on any atom is 0.339 e. The molecule has 45 heavy (non-hydrogen) atoms. The number of likely N-dealkylation sites (N-methyl/N-ethyl adjacent to an activating group) is 1. The second-order valence-corrected chi connectivity index (χ2v) is 12.1. The van der Waals surface area contributed by atoms with Crippen LogP contribution in [0.1, 0.15) is 47.4 Å². The third-order valence-electron chi connectivity index (χ3n) is 9.27. The van der Waals surface area contributed by atoms with E-state index in [0.717, 1.165) is 81.5 Å². The Morgan fingerprint density at radius 2 is 1.71 bits per heavy atom. The molecule has 1 aromatic carbocycles. The van der Waals surface area contributed by atoms with Crippen LogP contribution in [0.5, 0.6) is 5.75 Å². The summed E-state index contributed by atoms with van der Waals surface area (Å²) in [7, 11) is 7.13. The van der Waals surface area contributed by atoms with Crippen LogP contribution in [0.4, 0.5) is 5.82 Å². The van der Waals surface area contributed by atoms with Gasteiger partial charge in [-0.3, -0.25) is 9.69 Å². The van der Waals surface area contributed by atoms with E-state index in [1.165, 1.54) is 7.11 Å². The number of aryl methyl sites for hydroxylation is 1. The number of esters is 1. The largest absolute Gasteiger partial charge is 0.496 e. The predicted molar refractivity (Wildman–Crippen MR) is 173 cm³/mol. The number of rotatable bonds is 8. The van der Waals surface area contributed by atoms with Gasteiger partial charge in [0.15, 0.2) is 5.82 Å². The number of anilines is 1. The molecule has 11 heteroatoms. The minimum absolute atomic E-state index is 0.0420. The first-order chi connectivity index (χ1) is 21.8. The van der Waals surface area contributed by atoms with Gasteiger partial charge in [0, 0.05) is 81.8 Å². The Balaban J connectivity index is 1.18. The Morgan fingerprint density at radius 3 is 2.44 bits per heavy atom. The summed E-state index contributed by atoms with van der Waals surface area (Å²) >= 11 is 0. The molecule has 0 spiro atoms. The Morgan fingerprint density at radius 1 is 0.956 bits per heavy atom. The van der Waals surface area contributed by atoms with E-state index in [9.17, 15) is 9.59 Å². The van der Waals surface area contributed by atoms with Crippen LogP contribution < -0.4 is 10.1 Å². The number of hydrogen-bond acceptors (Lipinski definition) is 9. The highest BCUT2D eigenvalue weighted by atomic mass is 16.5. The lowest BCUT2D eigenvalue weighted by Gasteiger charge is -2.42. The van der Waals surface area contributed by atoms with Gasteiger partial charge in [0.25, 0.3) is 5.91 Å². The monoisotopic (exact) mass is 613 g/mol. The van der Waals surface area contributed by atoms with Gasteiger partial charge in [-0.05, 0) is 50.9 Å². The van der Waals surface area contributed by atoms with Gasteiger partial charge in [-0.25, -0.2) is 14.8 Å². The quantitative estimate of drug-likeness (QED) is 0.382. The Kier molecular flexibility index (Phi) is 9.18. The van der Waals surface area contributed by atoms with Crippen molar-refractivity contribution in [2.24, 2.45) is 7.05 Å². The average molecular weight is 614 g/mol. The van der Waals surface area contributed by atoms with E-state index < -0.39 is 0 Å². The predicted octanol–water partition coefficient (Wildman–Crippen LogP) is 3.61. The maximum absolute atomic E-state index is 13.5. The van der Waals surface area contributed by atoms with Gasteiger partial charge in [-0.1, -0.05) is 18.2 Å². The first kappa shape index (κ1) is 30.8. The summed E-state index contributed by atoms with van der Waals surface area (Å²) in [5.41, 5.74) is 4.30. The molecule has 0 atom stereocenters. The number of nitrogens with one attached hydrogen (secondary N) is 1. The molecule has 1 N–H and O–H groups in total. The number of benzene rings is 1. The lowest BCUT2D eigenvalue weighted by atomic mass is 10.0. The second-order valence-electron chi connectivity index (χ2n) is 12.1. The summed E-state index contributed by atoms with van der Waals surface area (Å²) in [6, 6.07) is 8.16. The fourth-order valence-corrected chi connectivity index (χ4v) is 6.63. The first-order valence-corrected chi connectivity index (χ1v) is 15.8. The number of piperazine rings is 1. The molecule has 3 aliphatic rings. The van der Waals surface area contributed by atoms with Crippen LogP contribution in [-0.4, -0.2) is 108 Å². The highest BCUT2D eigenvalue weighted by molar-refractivity contribution is 5.96. The van der Waals surface area contributed by atoms with E-state index in [0.29, 0.717) is 46.7 Å². The molecule has 0 saturated carbocycles. The fourth-order valence-electron chi connectivity index (χ4n) is 6.63. The number of allylic oxidation sites excluding steroid dienone is 2. The topological polar surface area (TPSA) is 105 Å². The van der Waals surface area contributed by atoms with Crippen molar-refractivity contribution in [3.63, 3.8) is 0 Å². The Labute approximate surface area is 264 Å². The number of piperidine rings is 1. The van der Waals surface area contributed by atoms with Gasteiger partial charge >= 0.3 is 5.97 Å². The van der Waals surface area contributed by atoms with E-state index in [1.54, 1.807) is 7.11 Å². The second kappa shape index (κ2) is 13.4. The maximum atomic E-state index is 13.5. The molecular weight excluding hydrogens is 570 g/mol. The molecule has 6 rings (SSSR count). The van der Waals surface area contributed by atoms with Crippen LogP contribution in [0, 0.1) is 0 Å². The molecule has 2 fully saturated rings. The molecule has 0 radical (unpaired) electrons. The van der Waals surface area contributed by atoms with Gasteiger partial charge in [-0.15, -0.1) is 0 Å². The number of carbonyl (C=O) groups excluding carboxylic acids is 2. The Bertz CT molecular complexity index is 1630. The molecule has 238 valence electrons. The molecule has 3 aromatic rings. The normalized spacial score (nSPS) is 18.4. The number of fused-ring (bicyclic) bond motifs is 1. The third-order valence-corrected chi connectivity index (χ3v) is 9.27. The van der Waals surface area contributed by atoms with E-state index in [-0.39, 0.29) is 11.9 Å². The highest BCUT2D eigenvalue weighted by Crippen LogP contribution is 2.29. The summed E-state index contributed by atoms with van der Waals surface area (Å²) < 4.78 is 12.7. The number of carbonyl (C=O) groups is 2. The minimum atomic E-state index is -0.385. The zero-order valence-electron chi connectivity index (χ0n) is 26.7. The summed E-state index contributed by atoms with van der Waals surface area (Å²) in [4.78, 5) is 42.6. The van der Waals surface area contributed by atoms with Crippen molar-refractivity contribution in [2.75, 3.05) is 65.9 Å². The van der Waals surface area contributed by atoms with Crippen molar-refractivity contribution >= 4 is 28.7 Å². The van der Waals surface area contributed by atoms with Crippen molar-refractivity contribution < 1.29 is 19.1 Å². The molecule has 4 heterocycles. The van der Waals surface area contributed by atoms with Crippen molar-refractivity contribution in [3.05, 3.63) is 70.8 Å². The molecule has 1 amide bonds. The fraction of sp³-hybridized carbons (Fsp3) is 0.471. The number of ether oxygens (including phenoxy) is 2. The van der Waals surface area contributed by atoms with Crippen LogP contribution in [0.25, 0.3) is 11.0 Å². The molecule has 11 nitrogen and oxygen atoms in total. The van der Waals surface area contributed by atoms with Gasteiger partial charge < -0.3 is 29.2 Å². The summed E-state index contributed by atoms with van der Waals surface area (Å²) in [5, 5.41) is 3.39. The standard InChI is InChI=1S/C34H43N7O4/c1-38-17-19-40(20-18-38)25-11-15-41(16-12-25)33(42)24-10-9-23(29(21-24)44-3)22-30-35-28-13-14-39(2)31(28)32(37-30)36-27-8-6-5-7-26(27)34(43)45-4/h7-10,13-14,21,25H,5-6,11-12,15-20,22H2,1-4H3,(H,35,36,37). The van der Waals surface area contributed by atoms with E-state index in [4.69, 9.17) is 19.4 Å². The van der Waals surface area contributed by atoms with Crippen molar-refractivity contribution in [3.8, 4) is 5.75 Å². The molecule has 0 bridgehead atoms. The molecule has 0 unspecified atom stereocenters. The van der Waals surface area contributed by atoms with E-state index in [2.05, 4.69) is 22.2 Å². The number of methoxy groups -OCH3 is 2. The molecule has 2 aromatic heterocycles. The molecular formula is C34H43N7O4. The summed E-state index contributed by atoms with van der Waals surface area (Å²) in [6.07, 6.45) is 9.84. The number of aromatic nitrogens is 3. The van der Waals surface area contributed by atoms with E-state index >= 15 is 0 Å². The lowest BCUT2D eigenvalue weighted by molar-refractivity contribution is -0.135. The van der Waals surface area contributed by atoms with Gasteiger partial charge in [0.05, 0.1) is 25.3 Å². The zero-order chi connectivity index (χ0) is 31.5. The van der Waals surface area contributed by atoms with Gasteiger partial charge in [0.1, 0.15) is 17.1 Å². The highest BCUT2D eigenvalue weighted by Gasteiger charge is 2.29. The minimum Gasteiger partial charge on any atom is -0.496 e. The number of likely N-dealkylation sites (tertiary alicyclic amines) is 1. The molecule has 2 aliphatic heterocycles. The van der Waals surface area contributed by atoms with Crippen LogP contribution in [0.3, 0.4) is 0 Å². The number of nitrogens with zero attached hydrogens (tertiary/aromatic N) is 6. The smallest absolute Gasteiger partial charge is 0.339 e. The zero-order valence-corrected chi connectivity index (χ0v) is 26.7. The van der Waals surface area contributed by atoms with Crippen molar-refractivity contribution in [1.82, 2.24) is 29.2 Å². The lowest BCUT2D eigenvalue weighted by Crippen LogP contribution is -2.52. The third kappa shape index (κ3) is 6.60. The van der Waals surface area contributed by atoms with Crippen LogP contribution in [0.2, 0.25) is 0 Å². The molecule has 2 saturated heterocycles. The number of amides is 1. The summed E-state index contributed by atoms with van der Waals surface area (Å²) in [6.45, 7) is 5.97. The van der Waals surface area contributed by atoms with Crippen LogP contribution in [-0.2, 0) is 23.0 Å². The Hall–Kier alpha value is -4.22. The average Bonchev–Trinajstić information content (AvgIpc) is 3.45. The van der Waals surface area contributed by atoms with Gasteiger partial charge in [-0.2, -0.15) is 0 Å². The SMILES string of the molecule is COC(=O)C1=CCCC=C1Nc1nc(Cc2ccc(C(=O)N3CCC(N4CCN(C)CC4)CC3)cc2OC)nc2ccn(C)c12. The van der Waals surface area contributed by atoms with Gasteiger partial charge in [0.2, 0.25) is 0 Å². The molecule has 1 aliphatic carbocycles. The van der Waals surface area contributed by atoms with Crippen LogP contribution >= 0.6 is 0 Å². The first-order valence-electron chi connectivity index (χ1n) is 15.8. The van der Waals surface area contributed by atoms with Crippen molar-refractivity contribution in [2.45, 2.75) is 38.1 Å². The van der Waals surface area contributed by atoms with Crippen LogP contribution in [0.15, 0.2) is 53.9 Å².